The van der Waals surface area contributed by atoms with Gasteiger partial charge < -0.3 is 14.2 Å². The monoisotopic (exact) mass is 358 g/mol. The van der Waals surface area contributed by atoms with E-state index in [0.717, 1.165) is 5.56 Å². The van der Waals surface area contributed by atoms with E-state index in [1.54, 1.807) is 6.33 Å². The summed E-state index contributed by atoms with van der Waals surface area (Å²) in [6.07, 6.45) is 2.30. The average Bonchev–Trinajstić information content (AvgIpc) is 3.33. The van der Waals surface area contributed by atoms with Gasteiger partial charge in [-0.3, -0.25) is 4.57 Å². The van der Waals surface area contributed by atoms with Crippen LogP contribution in [0.5, 0.6) is 0 Å². The van der Waals surface area contributed by atoms with Gasteiger partial charge in [0.05, 0.1) is 19.5 Å². The Balaban J connectivity index is 1.39. The Bertz CT molecular complexity index is 903. The number of benzene rings is 1. The average molecular weight is 359 g/mol. The Labute approximate surface area is 148 Å². The number of ether oxygens (including phenoxy) is 3. The maximum absolute atomic E-state index is 6.12. The van der Waals surface area contributed by atoms with E-state index in [9.17, 15) is 0 Å². The zero-order chi connectivity index (χ0) is 16.8. The van der Waals surface area contributed by atoms with Crippen LogP contribution in [0.4, 0.5) is 0 Å². The van der Waals surface area contributed by atoms with E-state index in [1.165, 1.54) is 6.33 Å². The van der Waals surface area contributed by atoms with Crippen LogP contribution in [0.3, 0.4) is 0 Å². The molecule has 0 radical (unpaired) electrons. The molecule has 0 saturated carbocycles. The summed E-state index contributed by atoms with van der Waals surface area (Å²) in [5.41, 5.74) is 2.30. The van der Waals surface area contributed by atoms with Gasteiger partial charge in [-0.15, -0.1) is 0 Å². The Morgan fingerprint density at radius 1 is 1.20 bits per heavy atom. The molecule has 4 unspecified atom stereocenters. The van der Waals surface area contributed by atoms with Gasteiger partial charge in [0, 0.05) is 0 Å². The van der Waals surface area contributed by atoms with Crippen molar-refractivity contribution in [2.45, 2.75) is 31.1 Å². The second-order valence-electron chi connectivity index (χ2n) is 6.11. The first-order chi connectivity index (χ1) is 12.3. The van der Waals surface area contributed by atoms with E-state index in [2.05, 4.69) is 15.0 Å². The molecule has 7 nitrogen and oxygen atoms in total. The van der Waals surface area contributed by atoms with Crippen LogP contribution in [0.25, 0.3) is 11.2 Å². The van der Waals surface area contributed by atoms with Crippen LogP contribution in [-0.4, -0.2) is 44.4 Å². The standard InChI is InChI=1S/C17H15ClN4O3/c18-15-12-16(20-8-19-15)22(9-21-12)17-14-13(11(25-17)7-24-14)23-6-10-4-2-1-3-5-10/h1-5,8-9,11,13-14,17H,6-7H2. The summed E-state index contributed by atoms with van der Waals surface area (Å²) in [5.74, 6) is 0. The Hall–Kier alpha value is -2.06. The Morgan fingerprint density at radius 2 is 2.08 bits per heavy atom. The predicted octanol–water partition coefficient (Wildman–Crippen LogP) is 2.36. The van der Waals surface area contributed by atoms with Gasteiger partial charge in [0.25, 0.3) is 0 Å². The molecule has 2 saturated heterocycles. The van der Waals surface area contributed by atoms with E-state index in [0.29, 0.717) is 29.5 Å². The highest BCUT2D eigenvalue weighted by Gasteiger charge is 2.53. The number of fused-ring (bicyclic) bond motifs is 3. The summed E-state index contributed by atoms with van der Waals surface area (Å²) in [6, 6.07) is 10.1. The first-order valence-electron chi connectivity index (χ1n) is 8.07. The molecule has 25 heavy (non-hydrogen) atoms. The van der Waals surface area contributed by atoms with Crippen LogP contribution in [0.1, 0.15) is 11.8 Å². The molecular formula is C17H15ClN4O3. The minimum atomic E-state index is -0.338. The van der Waals surface area contributed by atoms with Gasteiger partial charge in [-0.05, 0) is 5.56 Å². The third-order valence-electron chi connectivity index (χ3n) is 4.61. The molecule has 5 rings (SSSR count). The van der Waals surface area contributed by atoms with E-state index in [-0.39, 0.29) is 24.5 Å². The summed E-state index contributed by atoms with van der Waals surface area (Å²) in [6.45, 7) is 1.06. The highest BCUT2D eigenvalue weighted by Crippen LogP contribution is 2.40. The smallest absolute Gasteiger partial charge is 0.167 e. The number of hydrogen-bond donors (Lipinski definition) is 0. The zero-order valence-electron chi connectivity index (χ0n) is 13.2. The predicted molar refractivity (Wildman–Crippen MR) is 89.0 cm³/mol. The maximum atomic E-state index is 6.12. The minimum absolute atomic E-state index is 0.103. The minimum Gasteiger partial charge on any atom is -0.368 e. The van der Waals surface area contributed by atoms with Gasteiger partial charge >= 0.3 is 0 Å². The van der Waals surface area contributed by atoms with Gasteiger partial charge in [0.15, 0.2) is 17.0 Å². The molecule has 3 aromatic rings. The first kappa shape index (κ1) is 15.2. The lowest BCUT2D eigenvalue weighted by atomic mass is 10.1. The van der Waals surface area contributed by atoms with Crippen molar-refractivity contribution in [1.29, 1.82) is 0 Å². The van der Waals surface area contributed by atoms with Crippen LogP contribution < -0.4 is 0 Å². The summed E-state index contributed by atoms with van der Waals surface area (Å²) in [5, 5.41) is 0.324. The molecule has 1 aromatic carbocycles. The Morgan fingerprint density at radius 3 is 2.96 bits per heavy atom. The molecular weight excluding hydrogens is 344 g/mol. The van der Waals surface area contributed by atoms with E-state index in [1.807, 2.05) is 34.9 Å². The third-order valence-corrected chi connectivity index (χ3v) is 4.89. The molecule has 0 aliphatic carbocycles. The van der Waals surface area contributed by atoms with Crippen molar-refractivity contribution >= 4 is 22.8 Å². The molecule has 4 atom stereocenters. The number of rotatable bonds is 4. The molecule has 8 heteroatoms. The van der Waals surface area contributed by atoms with Crippen molar-refractivity contribution in [3.63, 3.8) is 0 Å². The number of aromatic nitrogens is 4. The van der Waals surface area contributed by atoms with E-state index < -0.39 is 0 Å². The van der Waals surface area contributed by atoms with Crippen LogP contribution in [0.15, 0.2) is 43.0 Å². The summed E-state index contributed by atoms with van der Waals surface area (Å²) < 4.78 is 20.0. The fraction of sp³-hybridized carbons (Fsp3) is 0.353. The molecule has 2 aliphatic heterocycles. The van der Waals surface area contributed by atoms with Crippen LogP contribution in [0, 0.1) is 0 Å². The SMILES string of the molecule is Clc1ncnc2c1ncn2C1OC2COC1C2OCc1ccccc1. The molecule has 128 valence electrons. The fourth-order valence-electron chi connectivity index (χ4n) is 3.43. The molecule has 4 heterocycles. The molecule has 2 aromatic heterocycles. The van der Waals surface area contributed by atoms with E-state index in [4.69, 9.17) is 25.8 Å². The number of nitrogens with zero attached hydrogens (tertiary/aromatic N) is 4. The highest BCUT2D eigenvalue weighted by atomic mass is 35.5. The molecule has 0 spiro atoms. The van der Waals surface area contributed by atoms with Gasteiger partial charge in [0.2, 0.25) is 0 Å². The summed E-state index contributed by atoms with van der Waals surface area (Å²) in [4.78, 5) is 12.5. The van der Waals surface area contributed by atoms with Crippen molar-refractivity contribution in [2.24, 2.45) is 0 Å². The normalized spacial score (nSPS) is 28.0. The second-order valence-corrected chi connectivity index (χ2v) is 6.47. The molecule has 0 N–H and O–H groups in total. The van der Waals surface area contributed by atoms with Crippen molar-refractivity contribution in [3.05, 3.63) is 53.7 Å². The van der Waals surface area contributed by atoms with Crippen molar-refractivity contribution in [3.8, 4) is 0 Å². The lowest BCUT2D eigenvalue weighted by molar-refractivity contribution is -0.125. The van der Waals surface area contributed by atoms with Gasteiger partial charge in [-0.2, -0.15) is 0 Å². The van der Waals surface area contributed by atoms with E-state index >= 15 is 0 Å². The second kappa shape index (κ2) is 6.03. The molecule has 2 aliphatic rings. The summed E-state index contributed by atoms with van der Waals surface area (Å²) >= 11 is 6.08. The number of hydrogen-bond acceptors (Lipinski definition) is 6. The van der Waals surface area contributed by atoms with Gasteiger partial charge in [-0.25, -0.2) is 15.0 Å². The maximum Gasteiger partial charge on any atom is 0.167 e. The van der Waals surface area contributed by atoms with Crippen molar-refractivity contribution < 1.29 is 14.2 Å². The Kier molecular flexibility index (Phi) is 3.67. The fourth-order valence-corrected chi connectivity index (χ4v) is 3.60. The highest BCUT2D eigenvalue weighted by molar-refractivity contribution is 6.33. The topological polar surface area (TPSA) is 71.3 Å². The van der Waals surface area contributed by atoms with Crippen LogP contribution in [-0.2, 0) is 20.8 Å². The largest absolute Gasteiger partial charge is 0.368 e. The quantitative estimate of drug-likeness (QED) is 0.667. The first-order valence-corrected chi connectivity index (χ1v) is 8.45. The van der Waals surface area contributed by atoms with Crippen molar-refractivity contribution in [2.75, 3.05) is 6.61 Å². The number of imidazole rings is 1. The molecule has 2 bridgehead atoms. The third kappa shape index (κ3) is 2.51. The van der Waals surface area contributed by atoms with Gasteiger partial charge in [-0.1, -0.05) is 41.9 Å². The molecule has 2 fully saturated rings. The lowest BCUT2D eigenvalue weighted by Crippen LogP contribution is -2.29. The van der Waals surface area contributed by atoms with Gasteiger partial charge in [0.1, 0.15) is 30.2 Å². The molecule has 0 amide bonds. The summed E-state index contributed by atoms with van der Waals surface area (Å²) in [7, 11) is 0. The van der Waals surface area contributed by atoms with Crippen LogP contribution in [0.2, 0.25) is 5.15 Å². The van der Waals surface area contributed by atoms with Crippen LogP contribution >= 0.6 is 11.6 Å². The number of halogens is 1. The lowest BCUT2D eigenvalue weighted by Gasteiger charge is -2.23. The van der Waals surface area contributed by atoms with Crippen molar-refractivity contribution in [1.82, 2.24) is 19.5 Å². The zero-order valence-corrected chi connectivity index (χ0v) is 13.9.